The topological polar surface area (TPSA) is 13.0 Å². The van der Waals surface area contributed by atoms with Crippen LogP contribution in [-0.2, 0) is 0 Å². The molecule has 5 rings (SSSR count). The molecule has 0 aliphatic carbocycles. The van der Waals surface area contributed by atoms with Crippen LogP contribution >= 0.6 is 0 Å². The molecule has 0 atom stereocenters. The van der Waals surface area contributed by atoms with Gasteiger partial charge in [0.2, 0.25) is 0 Å². The molecule has 0 saturated heterocycles. The molecule has 2 heterocycles. The van der Waals surface area contributed by atoms with Gasteiger partial charge in [-0.15, -0.1) is 0 Å². The van der Waals surface area contributed by atoms with Gasteiger partial charge in [-0.1, -0.05) is 24.3 Å². The van der Waals surface area contributed by atoms with Crippen LogP contribution in [0.25, 0.3) is 0 Å². The molecular weight excluding hydrogens is 332 g/mol. The molecule has 0 N–H and O–H groups in total. The van der Waals surface area contributed by atoms with E-state index in [0.29, 0.717) is 0 Å². The van der Waals surface area contributed by atoms with Gasteiger partial charge in [-0.2, -0.15) is 0 Å². The Kier molecular flexibility index (Phi) is 3.54. The number of para-hydroxylation sites is 4. The van der Waals surface area contributed by atoms with Crippen molar-refractivity contribution >= 4 is 34.1 Å². The Hall–Kier alpha value is -3.14. The van der Waals surface area contributed by atoms with Crippen LogP contribution in [0.5, 0.6) is 0 Å². The molecule has 0 radical (unpaired) electrons. The van der Waals surface area contributed by atoms with Crippen molar-refractivity contribution in [3.8, 4) is 0 Å². The third-order valence-corrected chi connectivity index (χ3v) is 5.54. The fraction of sp³-hybridized carbons (Fsp3) is 0.217. The summed E-state index contributed by atoms with van der Waals surface area (Å²) in [6.07, 6.45) is 0. The highest BCUT2D eigenvalue weighted by atomic mass is 15.4. The fourth-order valence-electron chi connectivity index (χ4n) is 4.26. The molecule has 3 aromatic rings. The van der Waals surface area contributed by atoms with E-state index in [4.69, 9.17) is 0 Å². The van der Waals surface area contributed by atoms with Crippen LogP contribution in [-0.4, -0.2) is 27.4 Å². The summed E-state index contributed by atoms with van der Waals surface area (Å²) in [4.78, 5) is 9.40. The zero-order valence-electron chi connectivity index (χ0n) is 16.1. The Morgan fingerprint density at radius 3 is 1.44 bits per heavy atom. The van der Waals surface area contributed by atoms with Crippen LogP contribution in [0, 0.1) is 6.92 Å². The van der Waals surface area contributed by atoms with Gasteiger partial charge in [-0.25, -0.2) is 0 Å². The SMILES string of the molecule is Cc1cc(N2CN(C)c3ccccc32)cc(N2CN(C)c3ccccc32)c1. The van der Waals surface area contributed by atoms with Crippen LogP contribution in [0.4, 0.5) is 34.1 Å². The van der Waals surface area contributed by atoms with E-state index < -0.39 is 0 Å². The van der Waals surface area contributed by atoms with Crippen molar-refractivity contribution in [1.82, 2.24) is 0 Å². The second-order valence-corrected chi connectivity index (χ2v) is 7.54. The van der Waals surface area contributed by atoms with Crippen LogP contribution in [0.15, 0.2) is 66.7 Å². The molecule has 27 heavy (non-hydrogen) atoms. The fourth-order valence-corrected chi connectivity index (χ4v) is 4.26. The average molecular weight is 356 g/mol. The maximum atomic E-state index is 2.40. The number of benzene rings is 3. The highest BCUT2D eigenvalue weighted by molar-refractivity contribution is 5.86. The predicted octanol–water partition coefficient (Wildman–Crippen LogP) is 5.09. The van der Waals surface area contributed by atoms with Crippen molar-refractivity contribution in [2.45, 2.75) is 6.92 Å². The maximum Gasteiger partial charge on any atom is 0.0950 e. The Bertz CT molecular complexity index is 935. The Morgan fingerprint density at radius 1 is 0.593 bits per heavy atom. The van der Waals surface area contributed by atoms with Gasteiger partial charge < -0.3 is 19.6 Å². The van der Waals surface area contributed by atoms with E-state index in [0.717, 1.165) is 13.3 Å². The third-order valence-electron chi connectivity index (χ3n) is 5.54. The first-order valence-corrected chi connectivity index (χ1v) is 9.39. The summed E-state index contributed by atoms with van der Waals surface area (Å²) in [7, 11) is 4.31. The summed E-state index contributed by atoms with van der Waals surface area (Å²) in [5.74, 6) is 0. The second-order valence-electron chi connectivity index (χ2n) is 7.54. The van der Waals surface area contributed by atoms with E-state index in [1.54, 1.807) is 0 Å². The molecule has 4 nitrogen and oxygen atoms in total. The molecule has 2 aliphatic heterocycles. The van der Waals surface area contributed by atoms with Crippen LogP contribution in [0.1, 0.15) is 5.56 Å². The lowest BCUT2D eigenvalue weighted by molar-refractivity contribution is 0.938. The van der Waals surface area contributed by atoms with Crippen molar-refractivity contribution in [1.29, 1.82) is 0 Å². The van der Waals surface area contributed by atoms with Crippen molar-refractivity contribution in [3.05, 3.63) is 72.3 Å². The summed E-state index contributed by atoms with van der Waals surface area (Å²) >= 11 is 0. The first-order chi connectivity index (χ1) is 13.1. The van der Waals surface area contributed by atoms with Gasteiger partial charge >= 0.3 is 0 Å². The van der Waals surface area contributed by atoms with E-state index in [9.17, 15) is 0 Å². The largest absolute Gasteiger partial charge is 0.355 e. The summed E-state index contributed by atoms with van der Waals surface area (Å²) in [5.41, 5.74) is 8.88. The zero-order chi connectivity index (χ0) is 18.5. The lowest BCUT2D eigenvalue weighted by Crippen LogP contribution is -2.25. The van der Waals surface area contributed by atoms with Crippen LogP contribution in [0.2, 0.25) is 0 Å². The van der Waals surface area contributed by atoms with Gasteiger partial charge in [-0.05, 0) is 55.0 Å². The van der Waals surface area contributed by atoms with E-state index in [1.165, 1.54) is 39.7 Å². The molecule has 2 aliphatic rings. The van der Waals surface area contributed by atoms with Gasteiger partial charge in [-0.3, -0.25) is 0 Å². The van der Waals surface area contributed by atoms with Gasteiger partial charge in [0.05, 0.1) is 36.1 Å². The average Bonchev–Trinajstić information content (AvgIpc) is 3.20. The number of hydrogen-bond donors (Lipinski definition) is 0. The van der Waals surface area contributed by atoms with Crippen LogP contribution < -0.4 is 19.6 Å². The molecule has 0 saturated carbocycles. The Balaban J connectivity index is 1.58. The van der Waals surface area contributed by atoms with Crippen molar-refractivity contribution in [2.24, 2.45) is 0 Å². The zero-order valence-corrected chi connectivity index (χ0v) is 16.1. The summed E-state index contributed by atoms with van der Waals surface area (Å²) in [5, 5.41) is 0. The quantitative estimate of drug-likeness (QED) is 0.634. The molecular formula is C23H24N4. The number of hydrogen-bond acceptors (Lipinski definition) is 4. The molecule has 0 fully saturated rings. The van der Waals surface area contributed by atoms with E-state index in [-0.39, 0.29) is 0 Å². The third kappa shape index (κ3) is 2.52. The van der Waals surface area contributed by atoms with Crippen molar-refractivity contribution in [3.63, 3.8) is 0 Å². The monoisotopic (exact) mass is 356 g/mol. The summed E-state index contributed by atoms with van der Waals surface area (Å²) in [6, 6.07) is 24.1. The standard InChI is InChI=1S/C23H24N4/c1-17-12-18(26-15-24(2)20-8-4-6-10-22(20)26)14-19(13-17)27-16-25(3)21-9-5-7-11-23(21)27/h4-14H,15-16H2,1-3H3. The van der Waals surface area contributed by atoms with Crippen molar-refractivity contribution < 1.29 is 0 Å². The molecule has 3 aromatic carbocycles. The molecule has 0 unspecified atom stereocenters. The lowest BCUT2D eigenvalue weighted by atomic mass is 10.1. The Morgan fingerprint density at radius 2 is 1.00 bits per heavy atom. The van der Waals surface area contributed by atoms with E-state index in [2.05, 4.69) is 107 Å². The van der Waals surface area contributed by atoms with E-state index in [1.807, 2.05) is 0 Å². The minimum Gasteiger partial charge on any atom is -0.355 e. The number of rotatable bonds is 2. The molecule has 4 heteroatoms. The summed E-state index contributed by atoms with van der Waals surface area (Å²) < 4.78 is 0. The molecule has 0 aromatic heterocycles. The van der Waals surface area contributed by atoms with Crippen LogP contribution in [0.3, 0.4) is 0 Å². The number of aryl methyl sites for hydroxylation is 1. The van der Waals surface area contributed by atoms with Gasteiger partial charge in [0.15, 0.2) is 0 Å². The second kappa shape index (κ2) is 5.95. The highest BCUT2D eigenvalue weighted by Gasteiger charge is 2.27. The lowest BCUT2D eigenvalue weighted by Gasteiger charge is -2.25. The first kappa shape index (κ1) is 16.1. The Labute approximate surface area is 160 Å². The molecule has 136 valence electrons. The maximum absolute atomic E-state index is 2.40. The van der Waals surface area contributed by atoms with Crippen molar-refractivity contribution in [2.75, 3.05) is 47.0 Å². The van der Waals surface area contributed by atoms with Gasteiger partial charge in [0.1, 0.15) is 0 Å². The normalized spacial score (nSPS) is 15.4. The minimum atomic E-state index is 0.874. The molecule has 0 amide bonds. The van der Waals surface area contributed by atoms with E-state index >= 15 is 0 Å². The first-order valence-electron chi connectivity index (χ1n) is 9.39. The molecule has 0 spiro atoms. The molecule has 0 bridgehead atoms. The predicted molar refractivity (Wildman–Crippen MR) is 115 cm³/mol. The van der Waals surface area contributed by atoms with Gasteiger partial charge in [0.25, 0.3) is 0 Å². The minimum absolute atomic E-state index is 0.874. The number of fused-ring (bicyclic) bond motifs is 2. The summed E-state index contributed by atoms with van der Waals surface area (Å²) in [6.45, 7) is 3.93. The number of anilines is 6. The highest BCUT2D eigenvalue weighted by Crippen LogP contribution is 2.44. The van der Waals surface area contributed by atoms with Gasteiger partial charge in [0, 0.05) is 25.5 Å². The number of nitrogens with zero attached hydrogens (tertiary/aromatic N) is 4. The smallest absolute Gasteiger partial charge is 0.0950 e.